The van der Waals surface area contributed by atoms with E-state index in [1.54, 1.807) is 6.20 Å². The molecule has 0 aliphatic carbocycles. The van der Waals surface area contributed by atoms with Crippen molar-refractivity contribution in [2.45, 2.75) is 59.7 Å². The summed E-state index contributed by atoms with van der Waals surface area (Å²) < 4.78 is 18.6. The Kier molecular flexibility index (Phi) is 8.66. The van der Waals surface area contributed by atoms with Gasteiger partial charge in [0, 0.05) is 76.4 Å². The number of aryl methyl sites for hydroxylation is 5. The van der Waals surface area contributed by atoms with Crippen molar-refractivity contribution >= 4 is 77.5 Å². The van der Waals surface area contributed by atoms with Gasteiger partial charge in [0.2, 0.25) is 0 Å². The van der Waals surface area contributed by atoms with Gasteiger partial charge in [-0.15, -0.1) is 0 Å². The van der Waals surface area contributed by atoms with Crippen LogP contribution in [0.15, 0.2) is 64.3 Å². The number of halogens is 2. The smallest absolute Gasteiger partial charge is 0.399 e. The predicted molar refractivity (Wildman–Crippen MR) is 183 cm³/mol. The van der Waals surface area contributed by atoms with Crippen molar-refractivity contribution in [3.8, 4) is 0 Å². The highest BCUT2D eigenvalue weighted by Gasteiger charge is 2.52. The third-order valence-electron chi connectivity index (χ3n) is 8.30. The maximum atomic E-state index is 6.16. The van der Waals surface area contributed by atoms with Gasteiger partial charge in [-0.05, 0) is 121 Å². The molecule has 43 heavy (non-hydrogen) atoms. The molecule has 8 nitrogen and oxygen atoms in total. The third-order valence-corrected chi connectivity index (χ3v) is 9.62. The third kappa shape index (κ3) is 5.92. The van der Waals surface area contributed by atoms with Crippen molar-refractivity contribution in [3.05, 3.63) is 81.0 Å². The lowest BCUT2D eigenvalue weighted by Crippen LogP contribution is -2.41. The van der Waals surface area contributed by atoms with Gasteiger partial charge >= 0.3 is 7.12 Å². The summed E-state index contributed by atoms with van der Waals surface area (Å²) in [5.41, 5.74) is 7.03. The van der Waals surface area contributed by atoms with E-state index in [2.05, 4.69) is 113 Å². The number of H-pyrrole nitrogens is 1. The van der Waals surface area contributed by atoms with Crippen molar-refractivity contribution < 1.29 is 9.31 Å². The number of fused-ring (bicyclic) bond motifs is 3. The van der Waals surface area contributed by atoms with Crippen molar-refractivity contribution in [2.24, 2.45) is 14.1 Å². The summed E-state index contributed by atoms with van der Waals surface area (Å²) in [6, 6.07) is 5.91. The number of pyridine rings is 3. The monoisotopic (exact) mass is 706 g/mol. The molecule has 0 atom stereocenters. The number of hydrogen-bond acceptors (Lipinski definition) is 5. The fraction of sp³-hybridized carbons (Fsp3) is 0.344. The van der Waals surface area contributed by atoms with E-state index in [1.807, 2.05) is 60.0 Å². The van der Waals surface area contributed by atoms with Gasteiger partial charge in [0.15, 0.2) is 0 Å². The van der Waals surface area contributed by atoms with E-state index in [9.17, 15) is 0 Å². The van der Waals surface area contributed by atoms with E-state index in [0.717, 1.165) is 36.7 Å². The first-order valence-corrected chi connectivity index (χ1v) is 15.7. The first kappa shape index (κ1) is 31.4. The average molecular weight is 708 g/mol. The van der Waals surface area contributed by atoms with Gasteiger partial charge in [0.25, 0.3) is 0 Å². The minimum atomic E-state index is -0.341. The fourth-order valence-corrected chi connectivity index (χ4v) is 6.59. The Hall–Kier alpha value is -2.99. The lowest BCUT2D eigenvalue weighted by Gasteiger charge is -2.32. The summed E-state index contributed by atoms with van der Waals surface area (Å²) in [4.78, 5) is 16.0. The van der Waals surface area contributed by atoms with Crippen molar-refractivity contribution in [1.82, 2.24) is 29.1 Å². The first-order valence-electron chi connectivity index (χ1n) is 14.1. The number of aromatic nitrogens is 6. The summed E-state index contributed by atoms with van der Waals surface area (Å²) in [5, 5.41) is 3.51. The van der Waals surface area contributed by atoms with Crippen LogP contribution in [0.2, 0.25) is 0 Å². The van der Waals surface area contributed by atoms with Crippen LogP contribution in [0, 0.1) is 20.8 Å². The molecule has 0 saturated carbocycles. The number of aromatic amines is 1. The van der Waals surface area contributed by atoms with Gasteiger partial charge < -0.3 is 23.4 Å². The van der Waals surface area contributed by atoms with Crippen LogP contribution in [0.5, 0.6) is 0 Å². The molecule has 11 heteroatoms. The highest BCUT2D eigenvalue weighted by molar-refractivity contribution is 9.11. The van der Waals surface area contributed by atoms with E-state index >= 15 is 0 Å². The molecule has 0 unspecified atom stereocenters. The molecular formula is C32H37BBr2N6O2. The van der Waals surface area contributed by atoms with E-state index in [4.69, 9.17) is 9.31 Å². The molecule has 0 bridgehead atoms. The van der Waals surface area contributed by atoms with Crippen LogP contribution in [0.4, 0.5) is 0 Å². The van der Waals surface area contributed by atoms with Gasteiger partial charge in [-0.2, -0.15) is 0 Å². The topological polar surface area (TPSA) is 82.8 Å². The molecule has 7 rings (SSSR count). The molecular weight excluding hydrogens is 671 g/mol. The maximum absolute atomic E-state index is 6.16. The summed E-state index contributed by atoms with van der Waals surface area (Å²) in [5.74, 6) is 0. The van der Waals surface area contributed by atoms with Gasteiger partial charge in [0.1, 0.15) is 16.9 Å². The normalized spacial score (nSPS) is 15.5. The molecule has 0 radical (unpaired) electrons. The lowest BCUT2D eigenvalue weighted by molar-refractivity contribution is 0.00578. The van der Waals surface area contributed by atoms with Gasteiger partial charge in [0.05, 0.1) is 11.2 Å². The summed E-state index contributed by atoms with van der Waals surface area (Å²) in [6.07, 6.45) is 11.5. The van der Waals surface area contributed by atoms with Crippen molar-refractivity contribution in [1.29, 1.82) is 0 Å². The molecule has 6 aromatic heterocycles. The van der Waals surface area contributed by atoms with Gasteiger partial charge in [-0.3, -0.25) is 0 Å². The molecule has 1 N–H and O–H groups in total. The molecule has 6 aromatic rings. The number of hydrogen-bond donors (Lipinski definition) is 1. The molecule has 1 aliphatic heterocycles. The Bertz CT molecular complexity index is 1930. The molecule has 0 aromatic carbocycles. The summed E-state index contributed by atoms with van der Waals surface area (Å²) in [7, 11) is 3.68. The van der Waals surface area contributed by atoms with Crippen molar-refractivity contribution in [3.63, 3.8) is 0 Å². The quantitative estimate of drug-likeness (QED) is 0.180. The Morgan fingerprint density at radius 3 is 1.74 bits per heavy atom. The van der Waals surface area contributed by atoms with Crippen LogP contribution >= 0.6 is 31.9 Å². The summed E-state index contributed by atoms with van der Waals surface area (Å²) in [6.45, 7) is 14.5. The molecule has 224 valence electrons. The first-order chi connectivity index (χ1) is 20.2. The zero-order valence-electron chi connectivity index (χ0n) is 26.1. The average Bonchev–Trinajstić information content (AvgIpc) is 3.62. The highest BCUT2D eigenvalue weighted by Crippen LogP contribution is 2.37. The Labute approximate surface area is 269 Å². The van der Waals surface area contributed by atoms with Crippen LogP contribution in [0.3, 0.4) is 0 Å². The van der Waals surface area contributed by atoms with E-state index in [0.29, 0.717) is 0 Å². The molecule has 1 fully saturated rings. The zero-order valence-corrected chi connectivity index (χ0v) is 29.3. The van der Waals surface area contributed by atoms with E-state index in [1.165, 1.54) is 27.5 Å². The minimum absolute atomic E-state index is 0.323. The second kappa shape index (κ2) is 11.8. The van der Waals surface area contributed by atoms with E-state index in [-0.39, 0.29) is 18.3 Å². The maximum Gasteiger partial charge on any atom is 0.495 e. The molecule has 0 amide bonds. The second-order valence-electron chi connectivity index (χ2n) is 12.0. The predicted octanol–water partition coefficient (Wildman–Crippen LogP) is 7.46. The molecule has 0 spiro atoms. The number of nitrogens with zero attached hydrogens (tertiary/aromatic N) is 5. The van der Waals surface area contributed by atoms with Gasteiger partial charge in [-0.25, -0.2) is 15.0 Å². The Balaban J connectivity index is 0.000000137. The largest absolute Gasteiger partial charge is 0.495 e. The van der Waals surface area contributed by atoms with E-state index < -0.39 is 0 Å². The molecule has 1 aliphatic rings. The van der Waals surface area contributed by atoms with Crippen LogP contribution in [0.25, 0.3) is 33.1 Å². The Morgan fingerprint density at radius 1 is 0.698 bits per heavy atom. The van der Waals surface area contributed by atoms with Crippen LogP contribution < -0.4 is 5.46 Å². The lowest BCUT2D eigenvalue weighted by atomic mass is 9.77. The van der Waals surface area contributed by atoms with Crippen LogP contribution in [-0.2, 0) is 23.4 Å². The number of rotatable bonds is 1. The second-order valence-corrected chi connectivity index (χ2v) is 13.7. The highest BCUT2D eigenvalue weighted by atomic mass is 79.9. The van der Waals surface area contributed by atoms with Crippen LogP contribution in [0.1, 0.15) is 44.4 Å². The molecule has 1 saturated heterocycles. The minimum Gasteiger partial charge on any atom is -0.399 e. The van der Waals surface area contributed by atoms with Crippen molar-refractivity contribution in [2.75, 3.05) is 0 Å². The fourth-order valence-electron chi connectivity index (χ4n) is 5.37. The zero-order chi connectivity index (χ0) is 31.3. The van der Waals surface area contributed by atoms with Crippen LogP contribution in [-0.4, -0.2) is 47.4 Å². The number of nitrogens with one attached hydrogen (secondary N) is 1. The van der Waals surface area contributed by atoms with Gasteiger partial charge in [-0.1, -0.05) is 0 Å². The Morgan fingerprint density at radius 2 is 1.19 bits per heavy atom. The SMILES string of the molecule is Cc1c[nH]c2nccc(Br)c12.Cc1cn(C)c2nccc(B3OC(C)(C)C(C)(C)O3)c12.Cc1cn(C)c2nccc(Br)c12. The molecule has 7 heterocycles. The summed E-state index contributed by atoms with van der Waals surface area (Å²) >= 11 is 6.97. The standard InChI is InChI=1S/C15H21BN2O2.C9H9BrN2.C8H7BrN2/c1-10-9-18(6)13-12(10)11(7-8-17-13)16-19-14(2,3)15(4,5)20-16;1-6-5-12(2)9-8(6)7(10)3-4-11-9;1-5-4-11-8-7(5)6(9)2-3-10-8/h7-9H,1-6H3;3-5H,1-2H3;2-4H,1H3,(H,10,11).